The Balaban J connectivity index is 2.18. The highest BCUT2D eigenvalue weighted by Crippen LogP contribution is 2.25. The molecule has 0 spiro atoms. The van der Waals surface area contributed by atoms with Crippen LogP contribution in [0.5, 0.6) is 5.75 Å². The van der Waals surface area contributed by atoms with Crippen LogP contribution in [0.1, 0.15) is 11.6 Å². The van der Waals surface area contributed by atoms with Crippen LogP contribution in [0.3, 0.4) is 0 Å². The second-order valence-corrected chi connectivity index (χ2v) is 3.40. The summed E-state index contributed by atoms with van der Waals surface area (Å²) in [7, 11) is 0. The van der Waals surface area contributed by atoms with Crippen molar-refractivity contribution in [3.8, 4) is 5.75 Å². The molecule has 0 unspecified atom stereocenters. The Morgan fingerprint density at radius 3 is 3.00 bits per heavy atom. The summed E-state index contributed by atoms with van der Waals surface area (Å²) >= 11 is 0. The van der Waals surface area contributed by atoms with Crippen molar-refractivity contribution in [2.75, 3.05) is 25.5 Å². The number of rotatable bonds is 1. The largest absolute Gasteiger partial charge is 0.506 e. The van der Waals surface area contributed by atoms with Crippen LogP contribution in [-0.4, -0.2) is 24.9 Å². The maximum atomic E-state index is 9.44. The number of nitrogens with two attached hydrogens (primary N) is 1. The smallest absolute Gasteiger partial charge is 0.138 e. The van der Waals surface area contributed by atoms with Gasteiger partial charge in [-0.15, -0.1) is 0 Å². The van der Waals surface area contributed by atoms with Crippen LogP contribution in [0.15, 0.2) is 18.2 Å². The lowest BCUT2D eigenvalue weighted by molar-refractivity contribution is 0.0768. The van der Waals surface area contributed by atoms with Gasteiger partial charge in [-0.05, 0) is 17.7 Å². The third-order valence-corrected chi connectivity index (χ3v) is 2.38. The van der Waals surface area contributed by atoms with E-state index in [1.54, 1.807) is 12.1 Å². The fourth-order valence-electron chi connectivity index (χ4n) is 1.56. The van der Waals surface area contributed by atoms with Crippen LogP contribution >= 0.6 is 0 Å². The van der Waals surface area contributed by atoms with Crippen LogP contribution < -0.4 is 11.1 Å². The van der Waals surface area contributed by atoms with E-state index in [1.165, 1.54) is 0 Å². The number of anilines is 1. The van der Waals surface area contributed by atoms with Gasteiger partial charge in [0.1, 0.15) is 5.75 Å². The fourth-order valence-corrected chi connectivity index (χ4v) is 1.56. The van der Waals surface area contributed by atoms with E-state index in [1.807, 2.05) is 6.07 Å². The van der Waals surface area contributed by atoms with E-state index in [-0.39, 0.29) is 11.8 Å². The minimum absolute atomic E-state index is 0.134. The molecule has 0 radical (unpaired) electrons. The van der Waals surface area contributed by atoms with E-state index in [0.717, 1.165) is 18.7 Å². The molecule has 1 fully saturated rings. The van der Waals surface area contributed by atoms with E-state index < -0.39 is 0 Å². The van der Waals surface area contributed by atoms with Gasteiger partial charge in [0.15, 0.2) is 0 Å². The fraction of sp³-hybridized carbons (Fsp3) is 0.400. The first kappa shape index (κ1) is 9.30. The molecule has 1 aromatic carbocycles. The van der Waals surface area contributed by atoms with E-state index in [0.29, 0.717) is 12.3 Å². The van der Waals surface area contributed by atoms with E-state index >= 15 is 0 Å². The minimum atomic E-state index is 0.134. The first-order valence-electron chi connectivity index (χ1n) is 4.67. The van der Waals surface area contributed by atoms with Gasteiger partial charge in [0.05, 0.1) is 24.9 Å². The Bertz CT molecular complexity index is 322. The van der Waals surface area contributed by atoms with Crippen LogP contribution in [0.25, 0.3) is 0 Å². The number of nitrogen functional groups attached to an aromatic ring is 1. The summed E-state index contributed by atoms with van der Waals surface area (Å²) in [4.78, 5) is 0. The Morgan fingerprint density at radius 2 is 2.36 bits per heavy atom. The zero-order valence-electron chi connectivity index (χ0n) is 7.86. The molecule has 2 rings (SSSR count). The Morgan fingerprint density at radius 1 is 1.50 bits per heavy atom. The number of phenolic OH excluding ortho intramolecular Hbond substituents is 1. The van der Waals surface area contributed by atoms with Crippen LogP contribution in [0, 0.1) is 0 Å². The molecule has 0 saturated carbocycles. The van der Waals surface area contributed by atoms with Gasteiger partial charge < -0.3 is 20.9 Å². The zero-order chi connectivity index (χ0) is 9.97. The Hall–Kier alpha value is -1.26. The average molecular weight is 194 g/mol. The molecule has 0 amide bonds. The van der Waals surface area contributed by atoms with Gasteiger partial charge in [0, 0.05) is 6.54 Å². The molecule has 1 atom stereocenters. The van der Waals surface area contributed by atoms with E-state index in [9.17, 15) is 5.11 Å². The van der Waals surface area contributed by atoms with Gasteiger partial charge >= 0.3 is 0 Å². The van der Waals surface area contributed by atoms with Crippen LogP contribution in [0.2, 0.25) is 0 Å². The quantitative estimate of drug-likeness (QED) is 0.453. The second kappa shape index (κ2) is 3.86. The van der Waals surface area contributed by atoms with Crippen molar-refractivity contribution in [3.63, 3.8) is 0 Å². The predicted octanol–water partition coefficient (Wildman–Crippen LogP) is 0.635. The normalized spacial score (nSPS) is 22.1. The standard InChI is InChI=1S/C10H14N2O2/c11-8-2-1-7(5-10(8)13)9-6-14-4-3-12-9/h1-2,5,9,12-13H,3-4,6,11H2/t9-/m0/s1. The summed E-state index contributed by atoms with van der Waals surface area (Å²) in [6.45, 7) is 2.23. The summed E-state index contributed by atoms with van der Waals surface area (Å²) < 4.78 is 5.33. The Labute approximate surface area is 82.7 Å². The SMILES string of the molecule is Nc1ccc([C@@H]2COCCN2)cc1O. The van der Waals surface area contributed by atoms with Gasteiger partial charge in [-0.25, -0.2) is 0 Å². The first-order valence-corrected chi connectivity index (χ1v) is 4.67. The van der Waals surface area contributed by atoms with Gasteiger partial charge in [-0.3, -0.25) is 0 Å². The van der Waals surface area contributed by atoms with Gasteiger partial charge in [-0.2, -0.15) is 0 Å². The monoisotopic (exact) mass is 194 g/mol. The lowest BCUT2D eigenvalue weighted by Gasteiger charge is -2.24. The molecule has 0 aromatic heterocycles. The number of phenols is 1. The third kappa shape index (κ3) is 1.81. The highest BCUT2D eigenvalue weighted by Gasteiger charge is 2.15. The molecule has 4 heteroatoms. The lowest BCUT2D eigenvalue weighted by atomic mass is 10.1. The number of ether oxygens (including phenoxy) is 1. The van der Waals surface area contributed by atoms with Crippen molar-refractivity contribution in [3.05, 3.63) is 23.8 Å². The highest BCUT2D eigenvalue weighted by atomic mass is 16.5. The van der Waals surface area contributed by atoms with Crippen molar-refractivity contribution in [1.82, 2.24) is 5.32 Å². The Kier molecular flexibility index (Phi) is 2.56. The maximum Gasteiger partial charge on any atom is 0.138 e. The average Bonchev–Trinajstić information content (AvgIpc) is 2.23. The van der Waals surface area contributed by atoms with Crippen molar-refractivity contribution in [2.24, 2.45) is 0 Å². The van der Waals surface area contributed by atoms with Crippen molar-refractivity contribution in [1.29, 1.82) is 0 Å². The predicted molar refractivity (Wildman–Crippen MR) is 54.1 cm³/mol. The summed E-state index contributed by atoms with van der Waals surface area (Å²) in [5, 5.41) is 12.7. The van der Waals surface area contributed by atoms with Crippen LogP contribution in [-0.2, 0) is 4.74 Å². The number of benzene rings is 1. The number of morpholine rings is 1. The van der Waals surface area contributed by atoms with Crippen molar-refractivity contribution < 1.29 is 9.84 Å². The molecular formula is C10H14N2O2. The topological polar surface area (TPSA) is 67.5 Å². The van der Waals surface area contributed by atoms with Gasteiger partial charge in [0.2, 0.25) is 0 Å². The summed E-state index contributed by atoms with van der Waals surface area (Å²) in [6.07, 6.45) is 0. The van der Waals surface area contributed by atoms with Crippen molar-refractivity contribution in [2.45, 2.75) is 6.04 Å². The second-order valence-electron chi connectivity index (χ2n) is 3.40. The maximum absolute atomic E-state index is 9.44. The van der Waals surface area contributed by atoms with Crippen molar-refractivity contribution >= 4 is 5.69 Å². The summed E-state index contributed by atoms with van der Waals surface area (Å²) in [6, 6.07) is 5.46. The summed E-state index contributed by atoms with van der Waals surface area (Å²) in [5.41, 5.74) is 6.93. The molecule has 76 valence electrons. The summed E-state index contributed by atoms with van der Waals surface area (Å²) in [5.74, 6) is 0.134. The molecule has 1 saturated heterocycles. The molecule has 0 aliphatic carbocycles. The van der Waals surface area contributed by atoms with E-state index in [2.05, 4.69) is 5.32 Å². The molecule has 1 aromatic rings. The van der Waals surface area contributed by atoms with Gasteiger partial charge in [0.25, 0.3) is 0 Å². The van der Waals surface area contributed by atoms with Crippen LogP contribution in [0.4, 0.5) is 5.69 Å². The van der Waals surface area contributed by atoms with Gasteiger partial charge in [-0.1, -0.05) is 6.07 Å². The third-order valence-electron chi connectivity index (χ3n) is 2.38. The molecule has 1 heterocycles. The molecule has 1 aliphatic heterocycles. The first-order chi connectivity index (χ1) is 6.77. The molecule has 4 nitrogen and oxygen atoms in total. The molecular weight excluding hydrogens is 180 g/mol. The molecule has 1 aliphatic rings. The molecule has 14 heavy (non-hydrogen) atoms. The number of hydrogen-bond donors (Lipinski definition) is 3. The molecule has 4 N–H and O–H groups in total. The molecule has 0 bridgehead atoms. The zero-order valence-corrected chi connectivity index (χ0v) is 7.86. The highest BCUT2D eigenvalue weighted by molar-refractivity contribution is 5.53. The minimum Gasteiger partial charge on any atom is -0.506 e. The number of nitrogens with one attached hydrogen (secondary N) is 1. The number of hydrogen-bond acceptors (Lipinski definition) is 4. The lowest BCUT2D eigenvalue weighted by Crippen LogP contribution is -2.34. The van der Waals surface area contributed by atoms with E-state index in [4.69, 9.17) is 10.5 Å². The number of aromatic hydroxyl groups is 1.